The monoisotopic (exact) mass is 290 g/mol. The minimum Gasteiger partial charge on any atom is -0.507 e. The number of nitrogens with two attached hydrogens (primary N) is 1. The molecule has 5 nitrogen and oxygen atoms in total. The van der Waals surface area contributed by atoms with Gasteiger partial charge in [-0.1, -0.05) is 0 Å². The molecular formula is C16H20NO4+. The van der Waals surface area contributed by atoms with Crippen LogP contribution in [0.15, 0.2) is 21.3 Å². The van der Waals surface area contributed by atoms with Crippen molar-refractivity contribution >= 4 is 11.0 Å². The zero-order chi connectivity index (χ0) is 14.8. The van der Waals surface area contributed by atoms with Crippen molar-refractivity contribution in [3.63, 3.8) is 0 Å². The number of phenolic OH excluding ortho intramolecular Hbond substituents is 1. The molecule has 1 aromatic heterocycles. The fourth-order valence-corrected chi connectivity index (χ4v) is 3.04. The summed E-state index contributed by atoms with van der Waals surface area (Å²) in [4.78, 5) is 12.1. The normalized spacial score (nSPS) is 13.8. The van der Waals surface area contributed by atoms with Crippen LogP contribution in [0.3, 0.4) is 0 Å². The van der Waals surface area contributed by atoms with E-state index < -0.39 is 0 Å². The lowest BCUT2D eigenvalue weighted by atomic mass is 10.0. The average molecular weight is 290 g/mol. The number of fused-ring (bicyclic) bond motifs is 3. The molecule has 0 spiro atoms. The predicted octanol–water partition coefficient (Wildman–Crippen LogP) is 0.697. The molecule has 3 rings (SSSR count). The summed E-state index contributed by atoms with van der Waals surface area (Å²) >= 11 is 0. The lowest BCUT2D eigenvalue weighted by molar-refractivity contribution is -0.671. The molecule has 0 radical (unpaired) electrons. The number of methoxy groups -OCH3 is 1. The maximum Gasteiger partial charge on any atom is 0.339 e. The van der Waals surface area contributed by atoms with Crippen LogP contribution >= 0.6 is 0 Å². The molecule has 2 aromatic rings. The number of rotatable bonds is 5. The Kier molecular flexibility index (Phi) is 3.94. The highest BCUT2D eigenvalue weighted by Gasteiger charge is 2.22. The van der Waals surface area contributed by atoms with Crippen molar-refractivity contribution in [2.75, 3.05) is 20.3 Å². The highest BCUT2D eigenvalue weighted by atomic mass is 16.5. The predicted molar refractivity (Wildman–Crippen MR) is 78.5 cm³/mol. The van der Waals surface area contributed by atoms with Gasteiger partial charge in [0.25, 0.3) is 0 Å². The average Bonchev–Trinajstić information content (AvgIpc) is 2.96. The van der Waals surface area contributed by atoms with E-state index in [4.69, 9.17) is 9.15 Å². The largest absolute Gasteiger partial charge is 0.507 e. The third-order valence-corrected chi connectivity index (χ3v) is 4.09. The number of phenols is 1. The van der Waals surface area contributed by atoms with Crippen molar-refractivity contribution in [1.82, 2.24) is 0 Å². The van der Waals surface area contributed by atoms with Crippen LogP contribution < -0.4 is 10.9 Å². The van der Waals surface area contributed by atoms with E-state index in [0.29, 0.717) is 24.3 Å². The summed E-state index contributed by atoms with van der Waals surface area (Å²) in [6, 6.07) is 3.55. The van der Waals surface area contributed by atoms with Gasteiger partial charge in [0.1, 0.15) is 12.3 Å². The number of ether oxygens (including phenoxy) is 1. The van der Waals surface area contributed by atoms with E-state index in [1.165, 1.54) is 0 Å². The number of hydrogen-bond acceptors (Lipinski definition) is 4. The summed E-state index contributed by atoms with van der Waals surface area (Å²) in [7, 11) is 1.66. The maximum absolute atomic E-state index is 12.1. The molecule has 0 unspecified atom stereocenters. The second-order valence-corrected chi connectivity index (χ2v) is 5.41. The van der Waals surface area contributed by atoms with Gasteiger partial charge in [-0.05, 0) is 37.0 Å². The van der Waals surface area contributed by atoms with Crippen LogP contribution in [-0.2, 0) is 24.1 Å². The Morgan fingerprint density at radius 2 is 2.14 bits per heavy atom. The Morgan fingerprint density at radius 1 is 1.33 bits per heavy atom. The van der Waals surface area contributed by atoms with Crippen molar-refractivity contribution < 1.29 is 19.6 Å². The van der Waals surface area contributed by atoms with E-state index in [2.05, 4.69) is 0 Å². The summed E-state index contributed by atoms with van der Waals surface area (Å²) < 4.78 is 10.5. The molecule has 0 saturated carbocycles. The molecule has 0 atom stereocenters. The Bertz CT molecular complexity index is 720. The molecular weight excluding hydrogens is 270 g/mol. The SMILES string of the molecule is COCC[NH2+]Cc1c(O)ccc2c3c(c(=O)oc12)CCC3. The van der Waals surface area contributed by atoms with Crippen LogP contribution in [0.4, 0.5) is 0 Å². The molecule has 1 aliphatic rings. The molecule has 0 bridgehead atoms. The van der Waals surface area contributed by atoms with Gasteiger partial charge in [0.05, 0.1) is 18.7 Å². The molecule has 5 heteroatoms. The van der Waals surface area contributed by atoms with Gasteiger partial charge in [0.2, 0.25) is 0 Å². The first-order valence-electron chi connectivity index (χ1n) is 7.32. The maximum atomic E-state index is 12.1. The van der Waals surface area contributed by atoms with Crippen molar-refractivity contribution in [2.45, 2.75) is 25.8 Å². The quantitative estimate of drug-likeness (QED) is 0.628. The van der Waals surface area contributed by atoms with E-state index >= 15 is 0 Å². The first kappa shape index (κ1) is 14.1. The zero-order valence-electron chi connectivity index (χ0n) is 12.1. The van der Waals surface area contributed by atoms with Gasteiger partial charge >= 0.3 is 5.63 Å². The third kappa shape index (κ3) is 2.54. The van der Waals surface area contributed by atoms with Crippen LogP contribution in [0.25, 0.3) is 11.0 Å². The topological polar surface area (TPSA) is 76.3 Å². The lowest BCUT2D eigenvalue weighted by Gasteiger charge is -2.10. The van der Waals surface area contributed by atoms with E-state index in [-0.39, 0.29) is 11.4 Å². The molecule has 1 aromatic carbocycles. The van der Waals surface area contributed by atoms with Crippen molar-refractivity contribution in [2.24, 2.45) is 0 Å². The molecule has 1 heterocycles. The van der Waals surface area contributed by atoms with E-state index in [1.807, 2.05) is 11.4 Å². The van der Waals surface area contributed by atoms with Gasteiger partial charge in [0, 0.05) is 18.1 Å². The van der Waals surface area contributed by atoms with Gasteiger partial charge in [0.15, 0.2) is 5.58 Å². The van der Waals surface area contributed by atoms with Gasteiger partial charge < -0.3 is 19.6 Å². The first-order chi connectivity index (χ1) is 10.2. The molecule has 112 valence electrons. The highest BCUT2D eigenvalue weighted by Crippen LogP contribution is 2.32. The number of aromatic hydroxyl groups is 1. The van der Waals surface area contributed by atoms with Crippen molar-refractivity contribution in [1.29, 1.82) is 0 Å². The molecule has 3 N–H and O–H groups in total. The van der Waals surface area contributed by atoms with Crippen LogP contribution in [0.1, 0.15) is 23.1 Å². The zero-order valence-corrected chi connectivity index (χ0v) is 12.1. The van der Waals surface area contributed by atoms with Gasteiger partial charge in [-0.2, -0.15) is 0 Å². The van der Waals surface area contributed by atoms with Crippen LogP contribution in [0.5, 0.6) is 5.75 Å². The smallest absolute Gasteiger partial charge is 0.339 e. The van der Waals surface area contributed by atoms with Crippen molar-refractivity contribution in [3.05, 3.63) is 39.2 Å². The Balaban J connectivity index is 2.05. The summed E-state index contributed by atoms with van der Waals surface area (Å²) in [5.41, 5.74) is 2.88. The Labute approximate surface area is 122 Å². The first-order valence-corrected chi connectivity index (χ1v) is 7.32. The van der Waals surface area contributed by atoms with Crippen LogP contribution in [-0.4, -0.2) is 25.4 Å². The number of benzene rings is 1. The lowest BCUT2D eigenvalue weighted by Crippen LogP contribution is -2.83. The number of hydrogen-bond donors (Lipinski definition) is 2. The van der Waals surface area contributed by atoms with Gasteiger partial charge in [-0.15, -0.1) is 0 Å². The molecule has 0 fully saturated rings. The van der Waals surface area contributed by atoms with E-state index in [9.17, 15) is 9.90 Å². The second-order valence-electron chi connectivity index (χ2n) is 5.41. The molecule has 1 aliphatic carbocycles. The van der Waals surface area contributed by atoms with Gasteiger partial charge in [-0.25, -0.2) is 4.79 Å². The number of quaternary nitrogens is 1. The third-order valence-electron chi connectivity index (χ3n) is 4.09. The summed E-state index contributed by atoms with van der Waals surface area (Å²) in [6.45, 7) is 2.00. The fraction of sp³-hybridized carbons (Fsp3) is 0.438. The van der Waals surface area contributed by atoms with Crippen molar-refractivity contribution in [3.8, 4) is 5.75 Å². The fourth-order valence-electron chi connectivity index (χ4n) is 3.04. The number of aryl methyl sites for hydroxylation is 1. The Morgan fingerprint density at radius 3 is 2.95 bits per heavy atom. The van der Waals surface area contributed by atoms with E-state index in [1.54, 1.807) is 13.2 Å². The summed E-state index contributed by atoms with van der Waals surface area (Å²) in [6.07, 6.45) is 2.70. The molecule has 0 saturated heterocycles. The second kappa shape index (κ2) is 5.87. The van der Waals surface area contributed by atoms with E-state index in [0.717, 1.165) is 42.3 Å². The van der Waals surface area contributed by atoms with Gasteiger partial charge in [-0.3, -0.25) is 0 Å². The minimum absolute atomic E-state index is 0.178. The highest BCUT2D eigenvalue weighted by molar-refractivity contribution is 5.86. The molecule has 21 heavy (non-hydrogen) atoms. The summed E-state index contributed by atoms with van der Waals surface area (Å²) in [5, 5.41) is 13.1. The van der Waals surface area contributed by atoms with Crippen LogP contribution in [0, 0.1) is 0 Å². The Hall–Kier alpha value is -1.85. The molecule has 0 aliphatic heterocycles. The van der Waals surface area contributed by atoms with Crippen LogP contribution in [0.2, 0.25) is 0 Å². The minimum atomic E-state index is -0.251. The molecule has 0 amide bonds. The standard InChI is InChI=1S/C16H19NO4/c1-20-8-7-17-9-13-14(18)6-5-11-10-3-2-4-12(10)16(19)21-15(11)13/h5-6,17-18H,2-4,7-9H2,1H3/p+1. The summed E-state index contributed by atoms with van der Waals surface area (Å²) in [5.74, 6) is 0.178.